The summed E-state index contributed by atoms with van der Waals surface area (Å²) in [6.07, 6.45) is 0.257. The maximum atomic E-state index is 12.1. The molecule has 0 fully saturated rings. The first kappa shape index (κ1) is 22.7. The molecule has 140 valence electrons. The topological polar surface area (TPSA) is 190 Å². The lowest BCUT2D eigenvalue weighted by atomic mass is 10.2. The number of aromatic hydroxyl groups is 1. The first-order valence-electron chi connectivity index (χ1n) is 6.99. The minimum Gasteiger partial charge on any atom is -0.500 e. The first-order valence-corrected chi connectivity index (χ1v) is 8.90. The van der Waals surface area contributed by atoms with E-state index in [0.717, 1.165) is 12.1 Å². The molecule has 0 bridgehead atoms. The summed E-state index contributed by atoms with van der Waals surface area (Å²) in [7, 11) is -4.01. The molecule has 0 spiro atoms. The Morgan fingerprint density at radius 1 is 1.44 bits per heavy atom. The van der Waals surface area contributed by atoms with E-state index in [2.05, 4.69) is 0 Å². The zero-order chi connectivity index (χ0) is 19.6. The average molecular weight is 378 g/mol. The normalized spacial score (nSPS) is 13.6. The van der Waals surface area contributed by atoms with Crippen molar-refractivity contribution in [2.75, 3.05) is 19.3 Å². The molecule has 1 aromatic carbocycles. The van der Waals surface area contributed by atoms with E-state index in [1.807, 2.05) is 0 Å². The van der Waals surface area contributed by atoms with Crippen LogP contribution in [0.5, 0.6) is 11.5 Å². The van der Waals surface area contributed by atoms with Crippen LogP contribution in [0.15, 0.2) is 12.1 Å². The Hall–Kier alpha value is -2.29. The van der Waals surface area contributed by atoms with E-state index in [-0.39, 0.29) is 43.2 Å². The number of ether oxygens (including phenoxy) is 1. The molecule has 1 rings (SSSR count). The van der Waals surface area contributed by atoms with Gasteiger partial charge >= 0.3 is 11.8 Å². The van der Waals surface area contributed by atoms with Gasteiger partial charge in [0, 0.05) is 17.8 Å². The van der Waals surface area contributed by atoms with Crippen LogP contribution in [0.2, 0.25) is 0 Å². The van der Waals surface area contributed by atoms with Crippen molar-refractivity contribution in [1.29, 1.82) is 0 Å². The Labute approximate surface area is 142 Å². The standard InChI is InChI=1S/C12H19N2O7P.CO2/c1-2-21-10-7-8(6-9(11(10)15)14(17)18)12(16)22(19,20)5-3-4-13;2-1-3/h6-7,12,15-16H,2-5,13H2,1H3,(H,19,20);. The number of nitrogens with zero attached hydrogens (tertiary/aromatic N) is 1. The molecule has 11 nitrogen and oxygen atoms in total. The van der Waals surface area contributed by atoms with Crippen LogP contribution < -0.4 is 10.5 Å². The van der Waals surface area contributed by atoms with E-state index in [1.54, 1.807) is 6.92 Å². The minimum atomic E-state index is -4.01. The molecule has 0 amide bonds. The number of nitrogens with two attached hydrogens (primary N) is 1. The molecule has 25 heavy (non-hydrogen) atoms. The highest BCUT2D eigenvalue weighted by atomic mass is 31.2. The lowest BCUT2D eigenvalue weighted by Gasteiger charge is -2.19. The van der Waals surface area contributed by atoms with Crippen molar-refractivity contribution in [3.8, 4) is 11.5 Å². The molecule has 0 radical (unpaired) electrons. The van der Waals surface area contributed by atoms with Crippen LogP contribution in [0.1, 0.15) is 24.8 Å². The number of benzene rings is 1. The number of aliphatic hydroxyl groups is 1. The number of hydrogen-bond donors (Lipinski definition) is 4. The smallest absolute Gasteiger partial charge is 0.373 e. The highest BCUT2D eigenvalue weighted by molar-refractivity contribution is 7.58. The van der Waals surface area contributed by atoms with E-state index < -0.39 is 29.6 Å². The third kappa shape index (κ3) is 6.61. The Morgan fingerprint density at radius 3 is 2.44 bits per heavy atom. The maximum Gasteiger partial charge on any atom is 0.373 e. The summed E-state index contributed by atoms with van der Waals surface area (Å²) in [5.74, 6) is -2.75. The summed E-state index contributed by atoms with van der Waals surface area (Å²) >= 11 is 0. The Kier molecular flexibility index (Phi) is 9.58. The maximum absolute atomic E-state index is 12.1. The second-order valence-electron chi connectivity index (χ2n) is 4.66. The molecule has 0 aromatic heterocycles. The fourth-order valence-electron chi connectivity index (χ4n) is 1.84. The van der Waals surface area contributed by atoms with Crippen LogP contribution in [0.3, 0.4) is 0 Å². The molecule has 0 saturated heterocycles. The number of rotatable bonds is 8. The molecule has 0 aliphatic heterocycles. The highest BCUT2D eigenvalue weighted by Gasteiger charge is 2.33. The summed E-state index contributed by atoms with van der Waals surface area (Å²) in [5.41, 5.74) is 4.39. The molecule has 1 aromatic rings. The number of aliphatic hydroxyl groups excluding tert-OH is 1. The fraction of sp³-hybridized carbons (Fsp3) is 0.462. The Morgan fingerprint density at radius 2 is 2.00 bits per heavy atom. The summed E-state index contributed by atoms with van der Waals surface area (Å²) in [4.78, 5) is 36.2. The molecular weight excluding hydrogens is 359 g/mol. The molecule has 12 heteroatoms. The van der Waals surface area contributed by atoms with Gasteiger partial charge < -0.3 is 25.6 Å². The number of hydrogen-bond acceptors (Lipinski definition) is 9. The van der Waals surface area contributed by atoms with Crippen LogP contribution in [0.25, 0.3) is 0 Å². The van der Waals surface area contributed by atoms with E-state index in [4.69, 9.17) is 20.1 Å². The van der Waals surface area contributed by atoms with Gasteiger partial charge in [0.05, 0.1) is 11.5 Å². The van der Waals surface area contributed by atoms with Gasteiger partial charge in [-0.05, 0) is 26.0 Å². The lowest BCUT2D eigenvalue weighted by Crippen LogP contribution is -2.08. The van der Waals surface area contributed by atoms with Gasteiger partial charge in [-0.3, -0.25) is 14.7 Å². The lowest BCUT2D eigenvalue weighted by molar-refractivity contribution is -0.386. The molecule has 5 N–H and O–H groups in total. The first-order chi connectivity index (χ1) is 11.7. The Balaban J connectivity index is 0.00000178. The SMILES string of the molecule is CCOc1cc(C(O)P(=O)(O)CCCN)cc([N+](=O)[O-])c1O.O=C=O. The minimum absolute atomic E-state index is 0.119. The number of phenolic OH excluding ortho intramolecular Hbond substituents is 1. The van der Waals surface area contributed by atoms with Crippen molar-refractivity contribution >= 4 is 19.2 Å². The van der Waals surface area contributed by atoms with Crippen molar-refractivity contribution < 1.29 is 38.9 Å². The monoisotopic (exact) mass is 378 g/mol. The molecule has 0 aliphatic carbocycles. The van der Waals surface area contributed by atoms with Gasteiger partial charge in [-0.1, -0.05) is 0 Å². The fourth-order valence-corrected chi connectivity index (χ4v) is 3.34. The van der Waals surface area contributed by atoms with Crippen LogP contribution in [0.4, 0.5) is 5.69 Å². The van der Waals surface area contributed by atoms with Crippen molar-refractivity contribution in [2.45, 2.75) is 19.2 Å². The second-order valence-corrected chi connectivity index (χ2v) is 7.10. The van der Waals surface area contributed by atoms with Crippen LogP contribution in [-0.4, -0.2) is 45.5 Å². The summed E-state index contributed by atoms with van der Waals surface area (Å²) in [5, 5.41) is 30.7. The van der Waals surface area contributed by atoms with E-state index >= 15 is 0 Å². The van der Waals surface area contributed by atoms with Gasteiger partial charge in [-0.25, -0.2) is 0 Å². The zero-order valence-electron chi connectivity index (χ0n) is 13.3. The predicted molar refractivity (Wildman–Crippen MR) is 84.3 cm³/mol. The van der Waals surface area contributed by atoms with Crippen LogP contribution in [0, 0.1) is 10.1 Å². The van der Waals surface area contributed by atoms with Gasteiger partial charge in [-0.2, -0.15) is 9.59 Å². The predicted octanol–water partition coefficient (Wildman–Crippen LogP) is 0.726. The van der Waals surface area contributed by atoms with Crippen molar-refractivity contribution in [2.24, 2.45) is 5.73 Å². The third-order valence-corrected chi connectivity index (χ3v) is 4.96. The molecule has 0 saturated carbocycles. The Bertz CT molecular complexity index is 674. The van der Waals surface area contributed by atoms with Gasteiger partial charge in [0.1, 0.15) is 0 Å². The van der Waals surface area contributed by atoms with Gasteiger partial charge in [0.2, 0.25) is 13.1 Å². The largest absolute Gasteiger partial charge is 0.500 e. The van der Waals surface area contributed by atoms with Crippen molar-refractivity contribution in [3.63, 3.8) is 0 Å². The molecule has 0 aliphatic rings. The van der Waals surface area contributed by atoms with E-state index in [1.165, 1.54) is 0 Å². The van der Waals surface area contributed by atoms with Crippen molar-refractivity contribution in [1.82, 2.24) is 0 Å². The second kappa shape index (κ2) is 10.5. The number of carbonyl (C=O) groups excluding carboxylic acids is 2. The zero-order valence-corrected chi connectivity index (χ0v) is 14.2. The average Bonchev–Trinajstić information content (AvgIpc) is 2.54. The van der Waals surface area contributed by atoms with E-state index in [0.29, 0.717) is 0 Å². The van der Waals surface area contributed by atoms with Gasteiger partial charge in [0.25, 0.3) is 0 Å². The number of phenols is 1. The van der Waals surface area contributed by atoms with Gasteiger partial charge in [-0.15, -0.1) is 0 Å². The quantitative estimate of drug-likeness (QED) is 0.285. The molecule has 2 atom stereocenters. The number of nitro benzene ring substituents is 1. The summed E-state index contributed by atoms with van der Waals surface area (Å²) < 4.78 is 17.1. The molecular formula is C13H19N2O9P. The summed E-state index contributed by atoms with van der Waals surface area (Å²) in [6.45, 7) is 1.90. The van der Waals surface area contributed by atoms with Crippen LogP contribution in [-0.2, 0) is 14.2 Å². The van der Waals surface area contributed by atoms with E-state index in [9.17, 15) is 29.8 Å². The van der Waals surface area contributed by atoms with Crippen molar-refractivity contribution in [3.05, 3.63) is 27.8 Å². The third-order valence-electron chi connectivity index (χ3n) is 2.94. The molecule has 0 heterocycles. The highest BCUT2D eigenvalue weighted by Crippen LogP contribution is 2.55. The summed E-state index contributed by atoms with van der Waals surface area (Å²) in [6, 6.07) is 1.97. The van der Waals surface area contributed by atoms with Crippen LogP contribution >= 0.6 is 7.37 Å². The molecule has 2 unspecified atom stereocenters. The number of nitro groups is 1. The van der Waals surface area contributed by atoms with Gasteiger partial charge in [0.15, 0.2) is 11.6 Å².